The maximum atomic E-state index is 13.3. The summed E-state index contributed by atoms with van der Waals surface area (Å²) in [6.07, 6.45) is 0. The molecule has 0 aliphatic carbocycles. The Labute approximate surface area is 150 Å². The van der Waals surface area contributed by atoms with Crippen LogP contribution in [-0.4, -0.2) is 30.5 Å². The van der Waals surface area contributed by atoms with E-state index in [0.717, 1.165) is 30.3 Å². The molecular weight excluding hydrogens is 347 g/mol. The Morgan fingerprint density at radius 1 is 1.21 bits per heavy atom. The largest absolute Gasteiger partial charge is 0.369 e. The van der Waals surface area contributed by atoms with Crippen molar-refractivity contribution in [3.05, 3.63) is 58.4 Å². The molecule has 126 valence electrons. The Kier molecular flexibility index (Phi) is 5.31. The number of thioether (sulfide) groups is 1. The molecule has 1 amide bonds. The number of aryl methyl sites for hydroxylation is 1. The van der Waals surface area contributed by atoms with Gasteiger partial charge in [0.1, 0.15) is 5.82 Å². The summed E-state index contributed by atoms with van der Waals surface area (Å²) in [7, 11) is 0. The zero-order valence-corrected chi connectivity index (χ0v) is 14.9. The smallest absolute Gasteiger partial charge is 0.255 e. The number of hydrogen-bond acceptors (Lipinski definition) is 3. The first-order valence-electron chi connectivity index (χ1n) is 7.74. The van der Waals surface area contributed by atoms with E-state index in [4.69, 9.17) is 11.6 Å². The fourth-order valence-corrected chi connectivity index (χ4v) is 3.84. The van der Waals surface area contributed by atoms with Crippen LogP contribution in [0.5, 0.6) is 0 Å². The highest BCUT2D eigenvalue weighted by molar-refractivity contribution is 7.99. The first-order chi connectivity index (χ1) is 11.5. The molecular formula is C18H18ClFN2OS. The van der Waals surface area contributed by atoms with Crippen LogP contribution >= 0.6 is 23.4 Å². The first-order valence-corrected chi connectivity index (χ1v) is 9.27. The van der Waals surface area contributed by atoms with Crippen molar-refractivity contribution in [3.63, 3.8) is 0 Å². The topological polar surface area (TPSA) is 32.3 Å². The second kappa shape index (κ2) is 7.45. The van der Waals surface area contributed by atoms with E-state index in [1.54, 1.807) is 13.0 Å². The zero-order valence-electron chi connectivity index (χ0n) is 13.3. The van der Waals surface area contributed by atoms with Crippen molar-refractivity contribution in [1.29, 1.82) is 0 Å². The van der Waals surface area contributed by atoms with E-state index >= 15 is 0 Å². The Morgan fingerprint density at radius 3 is 2.62 bits per heavy atom. The average molecular weight is 365 g/mol. The monoisotopic (exact) mass is 364 g/mol. The van der Waals surface area contributed by atoms with E-state index in [1.165, 1.54) is 18.2 Å². The molecule has 24 heavy (non-hydrogen) atoms. The van der Waals surface area contributed by atoms with Gasteiger partial charge in [-0.1, -0.05) is 11.6 Å². The summed E-state index contributed by atoms with van der Waals surface area (Å²) in [5, 5.41) is 3.43. The molecule has 6 heteroatoms. The predicted molar refractivity (Wildman–Crippen MR) is 100 cm³/mol. The van der Waals surface area contributed by atoms with Crippen LogP contribution in [0.15, 0.2) is 36.4 Å². The number of rotatable bonds is 3. The SMILES string of the molecule is Cc1cc(C(=O)Nc2ccc(N3CCSCC3)c(Cl)c2)ccc1F. The van der Waals surface area contributed by atoms with Gasteiger partial charge >= 0.3 is 0 Å². The van der Waals surface area contributed by atoms with Gasteiger partial charge in [0.15, 0.2) is 0 Å². The Balaban J connectivity index is 1.74. The number of carbonyl (C=O) groups excluding carboxylic acids is 1. The minimum Gasteiger partial charge on any atom is -0.369 e. The summed E-state index contributed by atoms with van der Waals surface area (Å²) < 4.78 is 13.3. The fourth-order valence-electron chi connectivity index (χ4n) is 2.63. The van der Waals surface area contributed by atoms with Crippen molar-refractivity contribution in [3.8, 4) is 0 Å². The lowest BCUT2D eigenvalue weighted by atomic mass is 10.1. The van der Waals surface area contributed by atoms with Gasteiger partial charge in [-0.25, -0.2) is 4.39 Å². The van der Waals surface area contributed by atoms with Crippen LogP contribution in [0.2, 0.25) is 5.02 Å². The molecule has 2 aromatic carbocycles. The minimum absolute atomic E-state index is 0.281. The minimum atomic E-state index is -0.321. The van der Waals surface area contributed by atoms with Crippen molar-refractivity contribution in [2.24, 2.45) is 0 Å². The number of halogens is 2. The van der Waals surface area contributed by atoms with E-state index in [0.29, 0.717) is 21.8 Å². The average Bonchev–Trinajstić information content (AvgIpc) is 2.58. The lowest BCUT2D eigenvalue weighted by molar-refractivity contribution is 0.102. The van der Waals surface area contributed by atoms with Crippen molar-refractivity contribution in [1.82, 2.24) is 0 Å². The first kappa shape index (κ1) is 17.1. The normalized spacial score (nSPS) is 14.5. The van der Waals surface area contributed by atoms with Gasteiger partial charge in [-0.3, -0.25) is 4.79 Å². The summed E-state index contributed by atoms with van der Waals surface area (Å²) in [5.41, 5.74) is 2.48. The summed E-state index contributed by atoms with van der Waals surface area (Å²) in [6.45, 7) is 3.59. The second-order valence-electron chi connectivity index (χ2n) is 5.68. The number of anilines is 2. The third-order valence-corrected chi connectivity index (χ3v) is 5.22. The fraction of sp³-hybridized carbons (Fsp3) is 0.278. The number of benzene rings is 2. The quantitative estimate of drug-likeness (QED) is 0.864. The van der Waals surface area contributed by atoms with Gasteiger partial charge in [-0.2, -0.15) is 11.8 Å². The lowest BCUT2D eigenvalue weighted by Crippen LogP contribution is -2.32. The number of amides is 1. The summed E-state index contributed by atoms with van der Waals surface area (Å²) in [4.78, 5) is 14.5. The Morgan fingerprint density at radius 2 is 1.96 bits per heavy atom. The molecule has 1 aliphatic heterocycles. The molecule has 0 radical (unpaired) electrons. The van der Waals surface area contributed by atoms with Gasteiger partial charge in [0.05, 0.1) is 10.7 Å². The predicted octanol–water partition coefficient (Wildman–Crippen LogP) is 4.59. The van der Waals surface area contributed by atoms with E-state index in [9.17, 15) is 9.18 Å². The molecule has 3 rings (SSSR count). The number of carbonyl (C=O) groups is 1. The van der Waals surface area contributed by atoms with Crippen LogP contribution in [0.25, 0.3) is 0 Å². The molecule has 1 N–H and O–H groups in total. The molecule has 0 aromatic heterocycles. The Hall–Kier alpha value is -1.72. The molecule has 1 saturated heterocycles. The third-order valence-electron chi connectivity index (χ3n) is 3.98. The van der Waals surface area contributed by atoms with Gasteiger partial charge in [0.2, 0.25) is 0 Å². The maximum Gasteiger partial charge on any atom is 0.255 e. The number of hydrogen-bond donors (Lipinski definition) is 1. The van der Waals surface area contributed by atoms with Crippen LogP contribution in [0.4, 0.5) is 15.8 Å². The highest BCUT2D eigenvalue weighted by atomic mass is 35.5. The molecule has 1 heterocycles. The number of nitrogens with zero attached hydrogens (tertiary/aromatic N) is 1. The Bertz CT molecular complexity index is 763. The highest BCUT2D eigenvalue weighted by Gasteiger charge is 2.15. The van der Waals surface area contributed by atoms with Crippen molar-refractivity contribution < 1.29 is 9.18 Å². The van der Waals surface area contributed by atoms with Crippen LogP contribution in [0.1, 0.15) is 15.9 Å². The molecule has 1 aliphatic rings. The van der Waals surface area contributed by atoms with Gasteiger partial charge in [0, 0.05) is 35.8 Å². The molecule has 2 aromatic rings. The van der Waals surface area contributed by atoms with E-state index < -0.39 is 0 Å². The second-order valence-corrected chi connectivity index (χ2v) is 7.32. The third kappa shape index (κ3) is 3.84. The summed E-state index contributed by atoms with van der Waals surface area (Å²) in [5.74, 6) is 1.59. The van der Waals surface area contributed by atoms with Crippen LogP contribution < -0.4 is 10.2 Å². The highest BCUT2D eigenvalue weighted by Crippen LogP contribution is 2.30. The molecule has 0 bridgehead atoms. The lowest BCUT2D eigenvalue weighted by Gasteiger charge is -2.29. The zero-order chi connectivity index (χ0) is 17.1. The van der Waals surface area contributed by atoms with E-state index in [-0.39, 0.29) is 11.7 Å². The van der Waals surface area contributed by atoms with Crippen LogP contribution in [0.3, 0.4) is 0 Å². The van der Waals surface area contributed by atoms with Gasteiger partial charge < -0.3 is 10.2 Å². The molecule has 0 saturated carbocycles. The van der Waals surface area contributed by atoms with Gasteiger partial charge in [-0.15, -0.1) is 0 Å². The van der Waals surface area contributed by atoms with E-state index in [2.05, 4.69) is 10.2 Å². The molecule has 1 fully saturated rings. The molecule has 3 nitrogen and oxygen atoms in total. The molecule has 0 spiro atoms. The van der Waals surface area contributed by atoms with E-state index in [1.807, 2.05) is 23.9 Å². The summed E-state index contributed by atoms with van der Waals surface area (Å²) in [6, 6.07) is 9.84. The molecule has 0 atom stereocenters. The van der Waals surface area contributed by atoms with Crippen molar-refractivity contribution >= 4 is 40.6 Å². The maximum absolute atomic E-state index is 13.3. The van der Waals surface area contributed by atoms with Gasteiger partial charge in [0.25, 0.3) is 5.91 Å². The number of nitrogens with one attached hydrogen (secondary N) is 1. The molecule has 0 unspecified atom stereocenters. The van der Waals surface area contributed by atoms with Gasteiger partial charge in [-0.05, 0) is 48.9 Å². The standard InChI is InChI=1S/C18H18ClFN2OS/c1-12-10-13(2-4-16(12)20)18(23)21-14-3-5-17(15(19)11-14)22-6-8-24-9-7-22/h2-5,10-11H,6-9H2,1H3,(H,21,23). The van der Waals surface area contributed by atoms with Crippen LogP contribution in [0, 0.1) is 12.7 Å². The summed E-state index contributed by atoms with van der Waals surface area (Å²) >= 11 is 8.33. The van der Waals surface area contributed by atoms with Crippen LogP contribution in [-0.2, 0) is 0 Å². The van der Waals surface area contributed by atoms with Crippen molar-refractivity contribution in [2.45, 2.75) is 6.92 Å². The van der Waals surface area contributed by atoms with Crippen molar-refractivity contribution in [2.75, 3.05) is 34.8 Å².